The van der Waals surface area contributed by atoms with Gasteiger partial charge in [0.05, 0.1) is 16.0 Å². The van der Waals surface area contributed by atoms with Crippen molar-refractivity contribution in [2.45, 2.75) is 56.4 Å². The van der Waals surface area contributed by atoms with E-state index in [0.29, 0.717) is 16.7 Å². The third-order valence-electron chi connectivity index (χ3n) is 4.84. The van der Waals surface area contributed by atoms with Gasteiger partial charge in [0, 0.05) is 18.5 Å². The first-order valence-corrected chi connectivity index (χ1v) is 11.1. The molecular formula is C20H25ClN6OS. The Kier molecular flexibility index (Phi) is 5.57. The van der Waals surface area contributed by atoms with Crippen LogP contribution in [0.5, 0.6) is 0 Å². The summed E-state index contributed by atoms with van der Waals surface area (Å²) in [4.78, 5) is 6.85. The fourth-order valence-electron chi connectivity index (χ4n) is 3.22. The molecular weight excluding hydrogens is 408 g/mol. The highest BCUT2D eigenvalue weighted by molar-refractivity contribution is 7.99. The third-order valence-corrected chi connectivity index (χ3v) is 6.19. The van der Waals surface area contributed by atoms with E-state index in [2.05, 4.69) is 46.0 Å². The quantitative estimate of drug-likeness (QED) is 0.522. The normalized spacial score (nSPS) is 15.8. The van der Waals surface area contributed by atoms with Crippen molar-refractivity contribution < 1.29 is 4.52 Å². The number of aromatic nitrogens is 5. The molecule has 1 fully saturated rings. The van der Waals surface area contributed by atoms with Crippen LogP contribution in [0, 0.1) is 0 Å². The number of thioether (sulfide) groups is 1. The Bertz CT molecular complexity index is 989. The molecule has 0 spiro atoms. The predicted octanol–water partition coefficient (Wildman–Crippen LogP) is 5.05. The molecule has 0 saturated carbocycles. The molecule has 1 aromatic carbocycles. The molecule has 154 valence electrons. The van der Waals surface area contributed by atoms with E-state index in [-0.39, 0.29) is 10.7 Å². The molecule has 0 bridgehead atoms. The van der Waals surface area contributed by atoms with Crippen molar-refractivity contribution in [1.82, 2.24) is 24.9 Å². The van der Waals surface area contributed by atoms with Crippen molar-refractivity contribution in [3.8, 4) is 5.69 Å². The van der Waals surface area contributed by atoms with Gasteiger partial charge >= 0.3 is 0 Å². The second-order valence-corrected chi connectivity index (χ2v) is 9.95. The summed E-state index contributed by atoms with van der Waals surface area (Å²) in [7, 11) is 0. The summed E-state index contributed by atoms with van der Waals surface area (Å²) in [5.74, 6) is 2.10. The Morgan fingerprint density at radius 2 is 1.86 bits per heavy atom. The zero-order chi connectivity index (χ0) is 20.6. The molecule has 2 aromatic heterocycles. The van der Waals surface area contributed by atoms with Gasteiger partial charge in [-0.15, -0.1) is 10.2 Å². The zero-order valence-corrected chi connectivity index (χ0v) is 18.7. The fourth-order valence-corrected chi connectivity index (χ4v) is 4.32. The van der Waals surface area contributed by atoms with Crippen LogP contribution in [0.15, 0.2) is 33.9 Å². The predicted molar refractivity (Wildman–Crippen MR) is 115 cm³/mol. The number of hydrogen-bond donors (Lipinski definition) is 0. The van der Waals surface area contributed by atoms with Crippen LogP contribution in [0.1, 0.15) is 57.5 Å². The van der Waals surface area contributed by atoms with Crippen LogP contribution in [0.4, 0.5) is 5.95 Å². The summed E-state index contributed by atoms with van der Waals surface area (Å²) in [5.41, 5.74) is 0.712. The minimum Gasteiger partial charge on any atom is -0.341 e. The van der Waals surface area contributed by atoms with Crippen molar-refractivity contribution in [3.63, 3.8) is 0 Å². The number of anilines is 1. The summed E-state index contributed by atoms with van der Waals surface area (Å²) >= 11 is 8.07. The monoisotopic (exact) mass is 432 g/mol. The van der Waals surface area contributed by atoms with Crippen LogP contribution in [0.3, 0.4) is 0 Å². The fraction of sp³-hybridized carbons (Fsp3) is 0.500. The molecule has 1 aliphatic rings. The molecule has 1 atom stereocenters. The van der Waals surface area contributed by atoms with Crippen LogP contribution in [-0.2, 0) is 5.41 Å². The lowest BCUT2D eigenvalue weighted by Gasteiger charge is -2.19. The minimum absolute atomic E-state index is 0.0736. The van der Waals surface area contributed by atoms with E-state index in [1.54, 1.807) is 0 Å². The third kappa shape index (κ3) is 4.14. The van der Waals surface area contributed by atoms with E-state index >= 15 is 0 Å². The summed E-state index contributed by atoms with van der Waals surface area (Å²) in [5, 5.41) is 14.5. The number of benzene rings is 1. The molecule has 1 aliphatic heterocycles. The van der Waals surface area contributed by atoms with E-state index < -0.39 is 0 Å². The van der Waals surface area contributed by atoms with E-state index in [9.17, 15) is 0 Å². The first-order chi connectivity index (χ1) is 13.8. The Balaban J connectivity index is 1.68. The van der Waals surface area contributed by atoms with Gasteiger partial charge in [-0.25, -0.2) is 0 Å². The highest BCUT2D eigenvalue weighted by Crippen LogP contribution is 2.38. The number of nitrogens with zero attached hydrogens (tertiary/aromatic N) is 6. The summed E-state index contributed by atoms with van der Waals surface area (Å²) in [6.45, 7) is 10.2. The van der Waals surface area contributed by atoms with Gasteiger partial charge in [0.25, 0.3) is 0 Å². The lowest BCUT2D eigenvalue weighted by molar-refractivity contribution is 0.364. The Morgan fingerprint density at radius 1 is 1.14 bits per heavy atom. The Labute approximate surface area is 179 Å². The number of hydrogen-bond acceptors (Lipinski definition) is 7. The molecule has 0 amide bonds. The number of halogens is 1. The van der Waals surface area contributed by atoms with Crippen LogP contribution < -0.4 is 4.90 Å². The van der Waals surface area contributed by atoms with Gasteiger partial charge in [-0.05, 0) is 31.9 Å². The first kappa shape index (κ1) is 20.2. The maximum absolute atomic E-state index is 6.53. The summed E-state index contributed by atoms with van der Waals surface area (Å²) in [6, 6.07) is 7.77. The van der Waals surface area contributed by atoms with Crippen LogP contribution in [0.2, 0.25) is 5.02 Å². The van der Waals surface area contributed by atoms with Gasteiger partial charge in [-0.1, -0.05) is 61.4 Å². The van der Waals surface area contributed by atoms with Gasteiger partial charge in [-0.3, -0.25) is 4.57 Å². The van der Waals surface area contributed by atoms with Gasteiger partial charge in [0.2, 0.25) is 11.8 Å². The largest absolute Gasteiger partial charge is 0.341 e. The highest BCUT2D eigenvalue weighted by Gasteiger charge is 2.27. The van der Waals surface area contributed by atoms with E-state index in [0.717, 1.165) is 42.7 Å². The van der Waals surface area contributed by atoms with Crippen molar-refractivity contribution >= 4 is 29.3 Å². The number of para-hydroxylation sites is 1. The first-order valence-electron chi connectivity index (χ1n) is 9.80. The van der Waals surface area contributed by atoms with Crippen molar-refractivity contribution in [1.29, 1.82) is 0 Å². The summed E-state index contributed by atoms with van der Waals surface area (Å²) < 4.78 is 7.56. The molecule has 3 heterocycles. The second kappa shape index (κ2) is 7.99. The van der Waals surface area contributed by atoms with Crippen LogP contribution in [-0.4, -0.2) is 38.0 Å². The highest BCUT2D eigenvalue weighted by atomic mass is 35.5. The maximum Gasteiger partial charge on any atom is 0.239 e. The Hall–Kier alpha value is -2.06. The van der Waals surface area contributed by atoms with E-state index in [1.807, 2.05) is 35.8 Å². The van der Waals surface area contributed by atoms with Gasteiger partial charge in [-0.2, -0.15) is 4.98 Å². The zero-order valence-electron chi connectivity index (χ0n) is 17.1. The molecule has 4 rings (SSSR count). The van der Waals surface area contributed by atoms with Crippen molar-refractivity contribution in [2.75, 3.05) is 18.0 Å². The smallest absolute Gasteiger partial charge is 0.239 e. The molecule has 0 aliphatic carbocycles. The van der Waals surface area contributed by atoms with Gasteiger partial charge < -0.3 is 9.42 Å². The molecule has 7 nitrogen and oxygen atoms in total. The average Bonchev–Trinajstić information content (AvgIpc) is 3.42. The van der Waals surface area contributed by atoms with E-state index in [1.165, 1.54) is 11.8 Å². The van der Waals surface area contributed by atoms with E-state index in [4.69, 9.17) is 16.1 Å². The molecule has 0 unspecified atom stereocenters. The lowest BCUT2D eigenvalue weighted by Crippen LogP contribution is -2.22. The maximum atomic E-state index is 6.53. The van der Waals surface area contributed by atoms with Crippen LogP contribution in [0.25, 0.3) is 5.69 Å². The Morgan fingerprint density at radius 3 is 2.52 bits per heavy atom. The molecule has 9 heteroatoms. The van der Waals surface area contributed by atoms with Gasteiger partial charge in [0.1, 0.15) is 0 Å². The van der Waals surface area contributed by atoms with Gasteiger partial charge in [0.15, 0.2) is 11.0 Å². The average molecular weight is 433 g/mol. The number of rotatable bonds is 5. The lowest BCUT2D eigenvalue weighted by atomic mass is 9.96. The second-order valence-electron chi connectivity index (χ2n) is 8.23. The van der Waals surface area contributed by atoms with Crippen molar-refractivity contribution in [2.24, 2.45) is 0 Å². The molecule has 29 heavy (non-hydrogen) atoms. The molecule has 0 radical (unpaired) electrons. The molecule has 1 saturated heterocycles. The standard InChI is InChI=1S/C20H25ClN6OS/c1-13(16-22-17(25-28-16)20(2,3)4)29-19-24-23-18(26-11-7-8-12-26)27(19)15-10-6-5-9-14(15)21/h5-6,9-10,13H,7-8,11-12H2,1-4H3/t13-/m1/s1. The minimum atomic E-state index is -0.160. The SMILES string of the molecule is C[C@@H](Sc1nnc(N2CCCC2)n1-c1ccccc1Cl)c1nc(C(C)(C)C)no1. The summed E-state index contributed by atoms with van der Waals surface area (Å²) in [6.07, 6.45) is 2.32. The van der Waals surface area contributed by atoms with Crippen molar-refractivity contribution in [3.05, 3.63) is 41.0 Å². The molecule has 3 aromatic rings. The topological polar surface area (TPSA) is 72.9 Å². The molecule has 0 N–H and O–H groups in total. The van der Waals surface area contributed by atoms with Crippen LogP contribution >= 0.6 is 23.4 Å².